The van der Waals surface area contributed by atoms with Gasteiger partial charge in [-0.25, -0.2) is 0 Å². The zero-order valence-corrected chi connectivity index (χ0v) is 15.7. The molecule has 6 nitrogen and oxygen atoms in total. The van der Waals surface area contributed by atoms with Crippen LogP contribution in [0.4, 0.5) is 0 Å². The van der Waals surface area contributed by atoms with E-state index in [4.69, 9.17) is 9.26 Å². The molecular formula is C19H25N3O3S. The van der Waals surface area contributed by atoms with Crippen molar-refractivity contribution in [3.8, 4) is 0 Å². The molecule has 2 fully saturated rings. The third-order valence-corrected chi connectivity index (χ3v) is 6.14. The molecule has 2 aromatic rings. The van der Waals surface area contributed by atoms with Crippen molar-refractivity contribution in [3.05, 3.63) is 34.1 Å². The molecule has 0 saturated carbocycles. The summed E-state index contributed by atoms with van der Waals surface area (Å²) in [6.07, 6.45) is 5.35. The van der Waals surface area contributed by atoms with E-state index in [1.54, 1.807) is 11.3 Å². The zero-order valence-electron chi connectivity index (χ0n) is 14.9. The summed E-state index contributed by atoms with van der Waals surface area (Å²) >= 11 is 1.64. The molecule has 1 amide bonds. The summed E-state index contributed by atoms with van der Waals surface area (Å²) in [7, 11) is 0. The number of aryl methyl sites for hydroxylation is 1. The van der Waals surface area contributed by atoms with Crippen LogP contribution in [0.2, 0.25) is 0 Å². The largest absolute Gasteiger partial charge is 0.381 e. The number of ether oxygens (including phenoxy) is 1. The lowest BCUT2D eigenvalue weighted by atomic mass is 10.0. The summed E-state index contributed by atoms with van der Waals surface area (Å²) in [4.78, 5) is 19.0. The van der Waals surface area contributed by atoms with Crippen LogP contribution in [0.5, 0.6) is 0 Å². The van der Waals surface area contributed by atoms with Gasteiger partial charge in [-0.15, -0.1) is 0 Å². The standard InChI is InChI=1S/C19H25N3O3S/c23-18(11-15-6-10-26-13-15)22-7-3-14(12-22)1-2-17-20-19(25-21-17)16-4-8-24-9-5-16/h6,10,13-14,16H,1-5,7-9,11-12H2. The average molecular weight is 375 g/mol. The van der Waals surface area contributed by atoms with E-state index in [2.05, 4.69) is 15.5 Å². The highest BCUT2D eigenvalue weighted by Crippen LogP contribution is 2.26. The number of likely N-dealkylation sites (tertiary alicyclic amines) is 1. The van der Waals surface area contributed by atoms with Crippen molar-refractivity contribution in [2.75, 3.05) is 26.3 Å². The van der Waals surface area contributed by atoms with Crippen LogP contribution in [0.1, 0.15) is 48.9 Å². The highest BCUT2D eigenvalue weighted by atomic mass is 32.1. The van der Waals surface area contributed by atoms with Gasteiger partial charge in [-0.3, -0.25) is 4.79 Å². The molecule has 1 atom stereocenters. The van der Waals surface area contributed by atoms with E-state index >= 15 is 0 Å². The van der Waals surface area contributed by atoms with E-state index in [1.165, 1.54) is 0 Å². The number of rotatable bonds is 6. The summed E-state index contributed by atoms with van der Waals surface area (Å²) in [5.41, 5.74) is 1.12. The molecule has 0 bridgehead atoms. The monoisotopic (exact) mass is 375 g/mol. The van der Waals surface area contributed by atoms with Gasteiger partial charge < -0.3 is 14.2 Å². The molecule has 4 rings (SSSR count). The number of aromatic nitrogens is 2. The molecule has 0 aromatic carbocycles. The Labute approximate surface area is 157 Å². The van der Waals surface area contributed by atoms with Gasteiger partial charge in [0.05, 0.1) is 6.42 Å². The lowest BCUT2D eigenvalue weighted by molar-refractivity contribution is -0.129. The summed E-state index contributed by atoms with van der Waals surface area (Å²) in [5, 5.41) is 8.23. The van der Waals surface area contributed by atoms with Crippen LogP contribution in [0.15, 0.2) is 21.3 Å². The molecule has 1 unspecified atom stereocenters. The van der Waals surface area contributed by atoms with E-state index in [-0.39, 0.29) is 5.91 Å². The Morgan fingerprint density at radius 1 is 1.31 bits per heavy atom. The number of amides is 1. The molecule has 0 spiro atoms. The van der Waals surface area contributed by atoms with Crippen molar-refractivity contribution in [1.82, 2.24) is 15.0 Å². The minimum Gasteiger partial charge on any atom is -0.381 e. The van der Waals surface area contributed by atoms with E-state index in [0.29, 0.717) is 18.3 Å². The summed E-state index contributed by atoms with van der Waals surface area (Å²) < 4.78 is 10.8. The normalized spacial score (nSPS) is 21.4. The first-order valence-electron chi connectivity index (χ1n) is 9.47. The number of carbonyl (C=O) groups excluding carboxylic acids is 1. The maximum atomic E-state index is 12.4. The summed E-state index contributed by atoms with van der Waals surface area (Å²) in [5.74, 6) is 2.69. The Bertz CT molecular complexity index is 709. The predicted octanol–water partition coefficient (Wildman–Crippen LogP) is 3.05. The van der Waals surface area contributed by atoms with Crippen molar-refractivity contribution in [1.29, 1.82) is 0 Å². The topological polar surface area (TPSA) is 68.5 Å². The second kappa shape index (κ2) is 8.31. The number of hydrogen-bond donors (Lipinski definition) is 0. The molecule has 7 heteroatoms. The van der Waals surface area contributed by atoms with Crippen LogP contribution in [-0.2, 0) is 22.4 Å². The first kappa shape index (κ1) is 17.7. The van der Waals surface area contributed by atoms with Gasteiger partial charge >= 0.3 is 0 Å². The maximum Gasteiger partial charge on any atom is 0.229 e. The third kappa shape index (κ3) is 4.32. The Kier molecular flexibility index (Phi) is 5.65. The molecule has 140 valence electrons. The number of thiophene rings is 1. The predicted molar refractivity (Wildman–Crippen MR) is 98.1 cm³/mol. The highest BCUT2D eigenvalue weighted by molar-refractivity contribution is 7.08. The van der Waals surface area contributed by atoms with Gasteiger partial charge in [0.25, 0.3) is 0 Å². The fraction of sp³-hybridized carbons (Fsp3) is 0.632. The van der Waals surface area contributed by atoms with E-state index in [1.807, 2.05) is 16.3 Å². The second-order valence-corrected chi connectivity index (χ2v) is 8.06. The zero-order chi connectivity index (χ0) is 17.8. The fourth-order valence-electron chi connectivity index (χ4n) is 3.79. The lowest BCUT2D eigenvalue weighted by Gasteiger charge is -2.17. The van der Waals surface area contributed by atoms with Crippen molar-refractivity contribution in [2.24, 2.45) is 5.92 Å². The second-order valence-electron chi connectivity index (χ2n) is 7.28. The SMILES string of the molecule is O=C(Cc1ccsc1)N1CCC(CCc2noc(C3CCOCC3)n2)C1. The molecule has 0 aliphatic carbocycles. The molecule has 0 N–H and O–H groups in total. The Morgan fingerprint density at radius 3 is 3.00 bits per heavy atom. The fourth-order valence-corrected chi connectivity index (χ4v) is 4.46. The summed E-state index contributed by atoms with van der Waals surface area (Å²) in [6, 6.07) is 2.03. The van der Waals surface area contributed by atoms with Crippen LogP contribution >= 0.6 is 11.3 Å². The van der Waals surface area contributed by atoms with E-state index in [0.717, 1.165) is 75.7 Å². The molecular weight excluding hydrogens is 350 g/mol. The molecule has 26 heavy (non-hydrogen) atoms. The first-order valence-corrected chi connectivity index (χ1v) is 10.4. The van der Waals surface area contributed by atoms with Gasteiger partial charge in [0.1, 0.15) is 0 Å². The van der Waals surface area contributed by atoms with Crippen molar-refractivity contribution in [2.45, 2.75) is 44.4 Å². The Morgan fingerprint density at radius 2 is 2.19 bits per heavy atom. The van der Waals surface area contributed by atoms with Crippen molar-refractivity contribution >= 4 is 17.2 Å². The summed E-state index contributed by atoms with van der Waals surface area (Å²) in [6.45, 7) is 3.28. The van der Waals surface area contributed by atoms with Gasteiger partial charge in [0, 0.05) is 38.6 Å². The number of nitrogens with zero attached hydrogens (tertiary/aromatic N) is 3. The quantitative estimate of drug-likeness (QED) is 0.776. The maximum absolute atomic E-state index is 12.4. The Hall–Kier alpha value is -1.73. The smallest absolute Gasteiger partial charge is 0.229 e. The van der Waals surface area contributed by atoms with Gasteiger partial charge in [0.2, 0.25) is 11.8 Å². The Balaban J connectivity index is 1.23. The third-order valence-electron chi connectivity index (χ3n) is 5.40. The van der Waals surface area contributed by atoms with Crippen molar-refractivity contribution in [3.63, 3.8) is 0 Å². The average Bonchev–Trinajstić information content (AvgIpc) is 3.42. The van der Waals surface area contributed by atoms with Crippen LogP contribution in [0.25, 0.3) is 0 Å². The van der Waals surface area contributed by atoms with Crippen molar-refractivity contribution < 1.29 is 14.1 Å². The molecule has 0 radical (unpaired) electrons. The first-order chi connectivity index (χ1) is 12.8. The van der Waals surface area contributed by atoms with Gasteiger partial charge in [-0.1, -0.05) is 5.16 Å². The number of hydrogen-bond acceptors (Lipinski definition) is 6. The van der Waals surface area contributed by atoms with Gasteiger partial charge in [-0.05, 0) is 54.0 Å². The highest BCUT2D eigenvalue weighted by Gasteiger charge is 2.27. The molecule has 2 aliphatic heterocycles. The lowest BCUT2D eigenvalue weighted by Crippen LogP contribution is -2.30. The molecule has 2 aromatic heterocycles. The molecule has 4 heterocycles. The molecule has 2 saturated heterocycles. The van der Waals surface area contributed by atoms with E-state index < -0.39 is 0 Å². The van der Waals surface area contributed by atoms with Gasteiger partial charge in [0.15, 0.2) is 5.82 Å². The van der Waals surface area contributed by atoms with Crippen LogP contribution in [-0.4, -0.2) is 47.3 Å². The van der Waals surface area contributed by atoms with Crippen LogP contribution in [0.3, 0.4) is 0 Å². The molecule has 2 aliphatic rings. The number of carbonyl (C=O) groups is 1. The van der Waals surface area contributed by atoms with Gasteiger partial charge in [-0.2, -0.15) is 16.3 Å². The van der Waals surface area contributed by atoms with Crippen LogP contribution < -0.4 is 0 Å². The minimum absolute atomic E-state index is 0.243. The van der Waals surface area contributed by atoms with Crippen LogP contribution in [0, 0.1) is 5.92 Å². The minimum atomic E-state index is 0.243. The van der Waals surface area contributed by atoms with E-state index in [9.17, 15) is 4.79 Å².